The minimum Gasteiger partial charge on any atom is -0.373 e. The number of aromatic nitrogens is 7. The van der Waals surface area contributed by atoms with Crippen LogP contribution in [0.5, 0.6) is 0 Å². The third-order valence-corrected chi connectivity index (χ3v) is 7.04. The summed E-state index contributed by atoms with van der Waals surface area (Å²) in [6, 6.07) is 6.62. The second kappa shape index (κ2) is 8.83. The van der Waals surface area contributed by atoms with Gasteiger partial charge in [0.2, 0.25) is 5.91 Å². The SMILES string of the molecule is CNc1ncccc1-c1cnc([C@@H]2CC[C@H]3CC(c4c(-n5cnnn5)ccc(Cl)c4F)=CC(=O)N32)[nH]1. The zero-order valence-corrected chi connectivity index (χ0v) is 19.9. The van der Waals surface area contributed by atoms with Crippen molar-refractivity contribution in [2.24, 2.45) is 0 Å². The van der Waals surface area contributed by atoms with Gasteiger partial charge < -0.3 is 15.2 Å². The number of amides is 1. The molecule has 5 heterocycles. The van der Waals surface area contributed by atoms with Crippen LogP contribution in [0, 0.1) is 5.82 Å². The number of imidazole rings is 1. The van der Waals surface area contributed by atoms with Gasteiger partial charge in [0.05, 0.1) is 28.6 Å². The number of halogens is 2. The molecule has 3 aromatic heterocycles. The van der Waals surface area contributed by atoms with E-state index in [4.69, 9.17) is 11.6 Å². The van der Waals surface area contributed by atoms with Crippen LogP contribution in [0.3, 0.4) is 0 Å². The zero-order chi connectivity index (χ0) is 24.8. The van der Waals surface area contributed by atoms with Gasteiger partial charge in [-0.25, -0.2) is 14.4 Å². The van der Waals surface area contributed by atoms with Gasteiger partial charge in [-0.15, -0.1) is 5.10 Å². The molecule has 0 saturated carbocycles. The molecule has 2 aliphatic rings. The van der Waals surface area contributed by atoms with Crippen molar-refractivity contribution >= 4 is 28.9 Å². The largest absolute Gasteiger partial charge is 0.373 e. The maximum atomic E-state index is 15.3. The average Bonchev–Trinajstić information content (AvgIpc) is 3.66. The number of pyridine rings is 1. The molecule has 4 aromatic rings. The predicted molar refractivity (Wildman–Crippen MR) is 131 cm³/mol. The summed E-state index contributed by atoms with van der Waals surface area (Å²) in [5, 5.41) is 14.2. The molecule has 1 saturated heterocycles. The van der Waals surface area contributed by atoms with E-state index in [1.807, 2.05) is 24.1 Å². The molecule has 1 aromatic carbocycles. The number of benzene rings is 1. The Balaban J connectivity index is 1.33. The Hall–Kier alpha value is -4.12. The number of fused-ring (bicyclic) bond motifs is 1. The summed E-state index contributed by atoms with van der Waals surface area (Å²) in [6.07, 6.45) is 8.34. The molecule has 0 unspecified atom stereocenters. The van der Waals surface area contributed by atoms with E-state index in [0.29, 0.717) is 23.5 Å². The highest BCUT2D eigenvalue weighted by atomic mass is 35.5. The van der Waals surface area contributed by atoms with E-state index in [9.17, 15) is 4.79 Å². The van der Waals surface area contributed by atoms with Gasteiger partial charge in [0.15, 0.2) is 5.82 Å². The van der Waals surface area contributed by atoms with E-state index >= 15 is 4.39 Å². The standard InChI is InChI=1S/C24H21ClFN9O/c1-27-23-15(3-2-8-28-23)17-11-29-24(31-17)19-6-4-14-9-13(10-20(36)35(14)19)21-18(34-12-30-32-33-34)7-5-16(25)22(21)26/h2-3,5,7-8,10-12,14,19H,4,6,9H2,1H3,(H,27,28)(H,29,31)/t14-,19-/m0/s1. The maximum absolute atomic E-state index is 15.3. The van der Waals surface area contributed by atoms with Crippen molar-refractivity contribution < 1.29 is 9.18 Å². The number of hydrogen-bond acceptors (Lipinski definition) is 7. The van der Waals surface area contributed by atoms with Crippen molar-refractivity contribution in [1.82, 2.24) is 40.1 Å². The lowest BCUT2D eigenvalue weighted by atomic mass is 9.92. The Kier molecular flexibility index (Phi) is 5.48. The molecular weight excluding hydrogens is 485 g/mol. The summed E-state index contributed by atoms with van der Waals surface area (Å²) in [5.41, 5.74) is 2.95. The molecule has 2 aliphatic heterocycles. The maximum Gasteiger partial charge on any atom is 0.247 e. The number of nitrogens with one attached hydrogen (secondary N) is 2. The lowest BCUT2D eigenvalue weighted by molar-refractivity contribution is -0.129. The summed E-state index contributed by atoms with van der Waals surface area (Å²) in [5.74, 6) is 0.660. The average molecular weight is 506 g/mol. The minimum atomic E-state index is -0.598. The molecule has 6 rings (SSSR count). The summed E-state index contributed by atoms with van der Waals surface area (Å²) in [6.45, 7) is 0. The van der Waals surface area contributed by atoms with Crippen molar-refractivity contribution in [3.05, 3.63) is 71.3 Å². The van der Waals surface area contributed by atoms with E-state index in [2.05, 4.69) is 35.8 Å². The number of carbonyl (C=O) groups is 1. The highest BCUT2D eigenvalue weighted by molar-refractivity contribution is 6.31. The van der Waals surface area contributed by atoms with Gasteiger partial charge in [-0.3, -0.25) is 4.79 Å². The van der Waals surface area contributed by atoms with E-state index < -0.39 is 5.82 Å². The number of tetrazole rings is 1. The third-order valence-electron chi connectivity index (χ3n) is 6.75. The molecule has 12 heteroatoms. The Labute approximate surface area is 210 Å². The lowest BCUT2D eigenvalue weighted by Gasteiger charge is -2.33. The first-order valence-corrected chi connectivity index (χ1v) is 11.9. The Morgan fingerprint density at radius 3 is 2.92 bits per heavy atom. The second-order valence-corrected chi connectivity index (χ2v) is 9.11. The number of rotatable bonds is 5. The van der Waals surface area contributed by atoms with Gasteiger partial charge in [0.1, 0.15) is 18.0 Å². The summed E-state index contributed by atoms with van der Waals surface area (Å²) >= 11 is 6.11. The Bertz CT molecular complexity index is 1480. The van der Waals surface area contributed by atoms with Gasteiger partial charge in [0, 0.05) is 36.5 Å². The molecule has 36 heavy (non-hydrogen) atoms. The number of carbonyl (C=O) groups excluding carboxylic acids is 1. The third kappa shape index (κ3) is 3.63. The van der Waals surface area contributed by atoms with Crippen LogP contribution in [0.15, 0.2) is 49.1 Å². The molecule has 1 fully saturated rings. The van der Waals surface area contributed by atoms with E-state index in [1.165, 1.54) is 23.2 Å². The van der Waals surface area contributed by atoms with Gasteiger partial charge in [-0.2, -0.15) is 4.68 Å². The number of aromatic amines is 1. The molecule has 0 bridgehead atoms. The second-order valence-electron chi connectivity index (χ2n) is 8.71. The van der Waals surface area contributed by atoms with Crippen LogP contribution in [0.25, 0.3) is 22.5 Å². The van der Waals surface area contributed by atoms with Crippen LogP contribution in [0.1, 0.15) is 36.7 Å². The van der Waals surface area contributed by atoms with Crippen LogP contribution in [-0.2, 0) is 4.79 Å². The molecule has 0 radical (unpaired) electrons. The van der Waals surface area contributed by atoms with Gasteiger partial charge in [-0.1, -0.05) is 11.6 Å². The van der Waals surface area contributed by atoms with Crippen LogP contribution in [-0.4, -0.2) is 59.1 Å². The van der Waals surface area contributed by atoms with Gasteiger partial charge in [0.25, 0.3) is 0 Å². The fourth-order valence-electron chi connectivity index (χ4n) is 5.17. The highest BCUT2D eigenvalue weighted by Gasteiger charge is 2.42. The highest BCUT2D eigenvalue weighted by Crippen LogP contribution is 2.44. The molecule has 2 atom stereocenters. The van der Waals surface area contributed by atoms with Crippen molar-refractivity contribution in [3.63, 3.8) is 0 Å². The van der Waals surface area contributed by atoms with E-state index in [1.54, 1.807) is 18.5 Å². The number of H-pyrrole nitrogens is 1. The van der Waals surface area contributed by atoms with Gasteiger partial charge in [-0.05, 0) is 59.5 Å². The van der Waals surface area contributed by atoms with Crippen molar-refractivity contribution in [2.75, 3.05) is 12.4 Å². The normalized spacial score (nSPS) is 19.4. The Morgan fingerprint density at radius 2 is 2.11 bits per heavy atom. The summed E-state index contributed by atoms with van der Waals surface area (Å²) in [4.78, 5) is 27.6. The van der Waals surface area contributed by atoms with Crippen LogP contribution < -0.4 is 5.32 Å². The first-order valence-electron chi connectivity index (χ1n) is 11.5. The molecular formula is C24H21ClFN9O. The van der Waals surface area contributed by atoms with Crippen molar-refractivity contribution in [1.29, 1.82) is 0 Å². The number of anilines is 1. The lowest BCUT2D eigenvalue weighted by Crippen LogP contribution is -2.39. The molecule has 0 spiro atoms. The van der Waals surface area contributed by atoms with E-state index in [-0.39, 0.29) is 28.6 Å². The minimum absolute atomic E-state index is 0.0265. The van der Waals surface area contributed by atoms with Crippen molar-refractivity contribution in [2.45, 2.75) is 31.3 Å². The molecule has 1 amide bonds. The molecule has 10 nitrogen and oxygen atoms in total. The van der Waals surface area contributed by atoms with Crippen LogP contribution in [0.2, 0.25) is 5.02 Å². The number of hydrogen-bond donors (Lipinski definition) is 2. The molecule has 0 aliphatic carbocycles. The van der Waals surface area contributed by atoms with Crippen LogP contribution in [0.4, 0.5) is 10.2 Å². The topological polar surface area (TPSA) is 118 Å². The first-order chi connectivity index (χ1) is 17.5. The molecule has 182 valence electrons. The summed E-state index contributed by atoms with van der Waals surface area (Å²) in [7, 11) is 1.81. The van der Waals surface area contributed by atoms with Crippen molar-refractivity contribution in [3.8, 4) is 16.9 Å². The smallest absolute Gasteiger partial charge is 0.247 e. The fourth-order valence-corrected chi connectivity index (χ4v) is 5.33. The predicted octanol–water partition coefficient (Wildman–Crippen LogP) is 3.80. The zero-order valence-electron chi connectivity index (χ0n) is 19.2. The van der Waals surface area contributed by atoms with Gasteiger partial charge >= 0.3 is 0 Å². The van der Waals surface area contributed by atoms with Crippen LogP contribution >= 0.6 is 11.6 Å². The van der Waals surface area contributed by atoms with E-state index in [0.717, 1.165) is 29.9 Å². The quantitative estimate of drug-likeness (QED) is 0.423. The number of nitrogens with zero attached hydrogens (tertiary/aromatic N) is 7. The Morgan fingerprint density at radius 1 is 1.22 bits per heavy atom. The first kappa shape index (κ1) is 22.4. The molecule has 2 N–H and O–H groups in total. The summed E-state index contributed by atoms with van der Waals surface area (Å²) < 4.78 is 16.6. The monoisotopic (exact) mass is 505 g/mol. The fraction of sp³-hybridized carbons (Fsp3) is 0.250.